The Morgan fingerprint density at radius 1 is 1.16 bits per heavy atom. The van der Waals surface area contributed by atoms with Gasteiger partial charge in [-0.05, 0) is 78.4 Å². The standard InChI is InChI=1S/C21H26N2OS/c1-14(2)15-7-9-17(10-8-15)22-21(25)23-20-6-4-5-16-13-18(24-3)11-12-19(16)20/h7-14,20H,4-6H2,1-3H3,(H2,22,23,25)/t20-/m1/s1. The molecule has 0 spiro atoms. The molecule has 2 aromatic rings. The number of methoxy groups -OCH3 is 1. The maximum Gasteiger partial charge on any atom is 0.171 e. The molecule has 1 aliphatic rings. The molecule has 0 saturated heterocycles. The number of nitrogens with one attached hydrogen (secondary N) is 2. The molecule has 1 atom stereocenters. The molecule has 1 aliphatic carbocycles. The summed E-state index contributed by atoms with van der Waals surface area (Å²) in [5.74, 6) is 1.46. The van der Waals surface area contributed by atoms with Crippen molar-refractivity contribution in [3.05, 3.63) is 59.2 Å². The topological polar surface area (TPSA) is 33.3 Å². The Morgan fingerprint density at radius 3 is 2.60 bits per heavy atom. The highest BCUT2D eigenvalue weighted by atomic mass is 32.1. The van der Waals surface area contributed by atoms with E-state index < -0.39 is 0 Å². The van der Waals surface area contributed by atoms with E-state index in [1.54, 1.807) is 7.11 Å². The van der Waals surface area contributed by atoms with Crippen molar-refractivity contribution >= 4 is 23.0 Å². The maximum atomic E-state index is 5.53. The summed E-state index contributed by atoms with van der Waals surface area (Å²) in [6, 6.07) is 15.1. The van der Waals surface area contributed by atoms with Gasteiger partial charge in [0.1, 0.15) is 5.75 Å². The molecule has 0 radical (unpaired) electrons. The molecule has 0 saturated carbocycles. The van der Waals surface area contributed by atoms with Crippen molar-refractivity contribution in [3.63, 3.8) is 0 Å². The van der Waals surface area contributed by atoms with Crippen LogP contribution >= 0.6 is 12.2 Å². The largest absolute Gasteiger partial charge is 0.497 e. The highest BCUT2D eigenvalue weighted by Gasteiger charge is 2.21. The van der Waals surface area contributed by atoms with Crippen LogP contribution in [0.3, 0.4) is 0 Å². The molecule has 2 aromatic carbocycles. The number of hydrogen-bond acceptors (Lipinski definition) is 2. The van der Waals surface area contributed by atoms with Crippen LogP contribution in [0.25, 0.3) is 0 Å². The van der Waals surface area contributed by atoms with Crippen molar-refractivity contribution in [3.8, 4) is 5.75 Å². The Morgan fingerprint density at radius 2 is 1.92 bits per heavy atom. The third-order valence-corrected chi connectivity index (χ3v) is 5.02. The van der Waals surface area contributed by atoms with Crippen molar-refractivity contribution in [2.45, 2.75) is 45.1 Å². The van der Waals surface area contributed by atoms with Crippen LogP contribution in [0.4, 0.5) is 5.69 Å². The summed E-state index contributed by atoms with van der Waals surface area (Å²) in [6.45, 7) is 4.40. The summed E-state index contributed by atoms with van der Waals surface area (Å²) in [5, 5.41) is 7.45. The fourth-order valence-electron chi connectivity index (χ4n) is 3.34. The fourth-order valence-corrected chi connectivity index (χ4v) is 3.60. The second-order valence-electron chi connectivity index (χ2n) is 6.88. The van der Waals surface area contributed by atoms with Gasteiger partial charge in [0.2, 0.25) is 0 Å². The van der Waals surface area contributed by atoms with Crippen LogP contribution < -0.4 is 15.4 Å². The molecule has 25 heavy (non-hydrogen) atoms. The highest BCUT2D eigenvalue weighted by Crippen LogP contribution is 2.32. The summed E-state index contributed by atoms with van der Waals surface area (Å²) in [6.07, 6.45) is 3.35. The van der Waals surface area contributed by atoms with Crippen LogP contribution in [0.5, 0.6) is 5.75 Å². The predicted octanol–water partition coefficient (Wildman–Crippen LogP) is 5.18. The third kappa shape index (κ3) is 4.31. The molecule has 0 heterocycles. The van der Waals surface area contributed by atoms with Crippen LogP contribution in [0.15, 0.2) is 42.5 Å². The van der Waals surface area contributed by atoms with Gasteiger partial charge < -0.3 is 15.4 Å². The average molecular weight is 355 g/mol. The zero-order valence-electron chi connectivity index (χ0n) is 15.1. The minimum atomic E-state index is 0.254. The van der Waals surface area contributed by atoms with Crippen molar-refractivity contribution in [2.24, 2.45) is 0 Å². The van der Waals surface area contributed by atoms with E-state index in [1.807, 2.05) is 6.07 Å². The minimum Gasteiger partial charge on any atom is -0.497 e. The lowest BCUT2D eigenvalue weighted by Gasteiger charge is -2.28. The van der Waals surface area contributed by atoms with E-state index in [9.17, 15) is 0 Å². The first kappa shape index (κ1) is 17.7. The van der Waals surface area contributed by atoms with Crippen molar-refractivity contribution in [2.75, 3.05) is 12.4 Å². The SMILES string of the molecule is COc1ccc2c(c1)CCC[C@H]2NC(=S)Nc1ccc(C(C)C)cc1. The molecule has 132 valence electrons. The van der Waals surface area contributed by atoms with Gasteiger partial charge in [-0.15, -0.1) is 0 Å². The van der Waals surface area contributed by atoms with E-state index in [2.05, 4.69) is 60.9 Å². The number of ether oxygens (including phenoxy) is 1. The molecule has 2 N–H and O–H groups in total. The first-order valence-electron chi connectivity index (χ1n) is 8.91. The molecule has 0 aliphatic heterocycles. The first-order chi connectivity index (χ1) is 12.1. The van der Waals surface area contributed by atoms with Crippen molar-refractivity contribution < 1.29 is 4.74 Å². The Hall–Kier alpha value is -2.07. The normalized spacial score (nSPS) is 16.2. The van der Waals surface area contributed by atoms with E-state index in [0.29, 0.717) is 11.0 Å². The van der Waals surface area contributed by atoms with Crippen LogP contribution in [0.1, 0.15) is 55.3 Å². The second-order valence-corrected chi connectivity index (χ2v) is 7.29. The molecular formula is C21H26N2OS. The van der Waals surface area contributed by atoms with Gasteiger partial charge in [-0.3, -0.25) is 0 Å². The van der Waals surface area contributed by atoms with E-state index >= 15 is 0 Å². The van der Waals surface area contributed by atoms with Gasteiger partial charge in [0.05, 0.1) is 13.2 Å². The predicted molar refractivity (Wildman–Crippen MR) is 109 cm³/mol. The van der Waals surface area contributed by atoms with Crippen molar-refractivity contribution in [1.82, 2.24) is 5.32 Å². The number of anilines is 1. The lowest BCUT2D eigenvalue weighted by molar-refractivity contribution is 0.412. The summed E-state index contributed by atoms with van der Waals surface area (Å²) in [5.41, 5.74) is 5.03. The first-order valence-corrected chi connectivity index (χ1v) is 9.32. The van der Waals surface area contributed by atoms with Gasteiger partial charge in [0, 0.05) is 5.69 Å². The minimum absolute atomic E-state index is 0.254. The van der Waals surface area contributed by atoms with Gasteiger partial charge in [-0.2, -0.15) is 0 Å². The molecule has 0 unspecified atom stereocenters. The number of thiocarbonyl (C=S) groups is 1. The van der Waals surface area contributed by atoms with Gasteiger partial charge in [-0.1, -0.05) is 32.0 Å². The second kappa shape index (κ2) is 7.87. The quantitative estimate of drug-likeness (QED) is 0.741. The van der Waals surface area contributed by atoms with E-state index in [4.69, 9.17) is 17.0 Å². The number of aryl methyl sites for hydroxylation is 1. The zero-order valence-corrected chi connectivity index (χ0v) is 16.0. The van der Waals surface area contributed by atoms with Gasteiger partial charge in [0.25, 0.3) is 0 Å². The maximum absolute atomic E-state index is 5.53. The van der Waals surface area contributed by atoms with E-state index in [1.165, 1.54) is 16.7 Å². The summed E-state index contributed by atoms with van der Waals surface area (Å²) < 4.78 is 5.34. The molecule has 0 aromatic heterocycles. The molecule has 0 fully saturated rings. The van der Waals surface area contributed by atoms with Gasteiger partial charge in [0.15, 0.2) is 5.11 Å². The van der Waals surface area contributed by atoms with Gasteiger partial charge in [-0.25, -0.2) is 0 Å². The Kier molecular flexibility index (Phi) is 5.59. The van der Waals surface area contributed by atoms with E-state index in [0.717, 1.165) is 30.7 Å². The molecule has 3 rings (SSSR count). The Bertz CT molecular complexity index is 740. The average Bonchev–Trinajstić information content (AvgIpc) is 2.62. The number of hydrogen-bond donors (Lipinski definition) is 2. The molecule has 0 amide bonds. The summed E-state index contributed by atoms with van der Waals surface area (Å²) >= 11 is 5.53. The Balaban J connectivity index is 1.66. The molecular weight excluding hydrogens is 328 g/mol. The molecule has 4 heteroatoms. The monoisotopic (exact) mass is 354 g/mol. The number of benzene rings is 2. The summed E-state index contributed by atoms with van der Waals surface area (Å²) in [4.78, 5) is 0. The number of rotatable bonds is 4. The van der Waals surface area contributed by atoms with Crippen LogP contribution in [-0.2, 0) is 6.42 Å². The van der Waals surface area contributed by atoms with Crippen molar-refractivity contribution in [1.29, 1.82) is 0 Å². The molecule has 0 bridgehead atoms. The van der Waals surface area contributed by atoms with Crippen LogP contribution in [0.2, 0.25) is 0 Å². The third-order valence-electron chi connectivity index (χ3n) is 4.81. The molecule has 3 nitrogen and oxygen atoms in total. The highest BCUT2D eigenvalue weighted by molar-refractivity contribution is 7.80. The smallest absolute Gasteiger partial charge is 0.171 e. The van der Waals surface area contributed by atoms with Crippen LogP contribution in [0, 0.1) is 0 Å². The Labute approximate surface area is 155 Å². The van der Waals surface area contributed by atoms with Crippen LogP contribution in [-0.4, -0.2) is 12.2 Å². The lowest BCUT2D eigenvalue weighted by atomic mass is 9.87. The zero-order chi connectivity index (χ0) is 17.8. The number of fused-ring (bicyclic) bond motifs is 1. The lowest BCUT2D eigenvalue weighted by Crippen LogP contribution is -2.34. The summed E-state index contributed by atoms with van der Waals surface area (Å²) in [7, 11) is 1.71. The fraction of sp³-hybridized carbons (Fsp3) is 0.381. The van der Waals surface area contributed by atoms with E-state index in [-0.39, 0.29) is 6.04 Å². The van der Waals surface area contributed by atoms with Gasteiger partial charge >= 0.3 is 0 Å².